The molecule has 0 fully saturated rings. The highest BCUT2D eigenvalue weighted by Crippen LogP contribution is 2.46. The molecule has 0 aliphatic heterocycles. The number of hydrogen-bond acceptors (Lipinski definition) is 3. The van der Waals surface area contributed by atoms with Gasteiger partial charge in [-0.1, -0.05) is 12.2 Å². The second kappa shape index (κ2) is 4.54. The van der Waals surface area contributed by atoms with Crippen molar-refractivity contribution in [3.63, 3.8) is 0 Å². The maximum absolute atomic E-state index is 14.0. The van der Waals surface area contributed by atoms with Gasteiger partial charge in [0, 0.05) is 17.4 Å². The van der Waals surface area contributed by atoms with Crippen LogP contribution >= 0.6 is 0 Å². The average molecular weight is 322 g/mol. The van der Waals surface area contributed by atoms with Gasteiger partial charge in [0.05, 0.1) is 12.4 Å². The van der Waals surface area contributed by atoms with Crippen LogP contribution in [0.4, 0.5) is 17.6 Å². The molecule has 2 aliphatic rings. The van der Waals surface area contributed by atoms with Gasteiger partial charge in [0.2, 0.25) is 0 Å². The van der Waals surface area contributed by atoms with Crippen molar-refractivity contribution >= 4 is 10.1 Å². The first-order valence-corrected chi connectivity index (χ1v) is 7.93. The fourth-order valence-electron chi connectivity index (χ4n) is 3.00. The van der Waals surface area contributed by atoms with Gasteiger partial charge in [-0.05, 0) is 12.0 Å². The van der Waals surface area contributed by atoms with Crippen LogP contribution < -0.4 is 0 Å². The Hall–Kier alpha value is -1.41. The summed E-state index contributed by atoms with van der Waals surface area (Å²) in [5.74, 6) is -8.17. The van der Waals surface area contributed by atoms with Crippen molar-refractivity contribution in [1.29, 1.82) is 0 Å². The van der Waals surface area contributed by atoms with E-state index in [1.165, 1.54) is 6.08 Å². The van der Waals surface area contributed by atoms with E-state index in [-0.39, 0.29) is 17.5 Å². The van der Waals surface area contributed by atoms with E-state index in [9.17, 15) is 26.0 Å². The molecule has 0 aromatic heterocycles. The lowest BCUT2D eigenvalue weighted by atomic mass is 9.79. The number of fused-ring (bicyclic) bond motifs is 4. The molecule has 8 heteroatoms. The van der Waals surface area contributed by atoms with Gasteiger partial charge >= 0.3 is 0 Å². The molecule has 2 bridgehead atoms. The summed E-state index contributed by atoms with van der Waals surface area (Å²) in [7, 11) is -3.82. The Labute approximate surface area is 118 Å². The van der Waals surface area contributed by atoms with Crippen LogP contribution in [0, 0.1) is 29.2 Å². The fraction of sp³-hybridized carbons (Fsp3) is 0.385. The van der Waals surface area contributed by atoms with Crippen LogP contribution in [-0.4, -0.2) is 20.8 Å². The molecule has 3 unspecified atom stereocenters. The summed E-state index contributed by atoms with van der Waals surface area (Å²) in [6.45, 7) is 0. The van der Waals surface area contributed by atoms with Gasteiger partial charge in [0.1, 0.15) is 0 Å². The van der Waals surface area contributed by atoms with Crippen LogP contribution in [0.2, 0.25) is 0 Å². The largest absolute Gasteiger partial charge is 0.265 e. The highest BCUT2D eigenvalue weighted by Gasteiger charge is 2.45. The smallest absolute Gasteiger partial charge is 0.264 e. The molecule has 3 atom stereocenters. The van der Waals surface area contributed by atoms with E-state index < -0.39 is 51.3 Å². The van der Waals surface area contributed by atoms with Crippen LogP contribution in [0.3, 0.4) is 0 Å². The van der Waals surface area contributed by atoms with E-state index in [0.29, 0.717) is 0 Å². The third-order valence-electron chi connectivity index (χ3n) is 3.81. The summed E-state index contributed by atoms with van der Waals surface area (Å²) >= 11 is 0. The molecule has 0 radical (unpaired) electrons. The van der Waals surface area contributed by atoms with Crippen molar-refractivity contribution in [2.24, 2.45) is 5.92 Å². The first kappa shape index (κ1) is 14.5. The zero-order valence-electron chi connectivity index (χ0n) is 10.7. The zero-order valence-corrected chi connectivity index (χ0v) is 11.6. The molecule has 0 amide bonds. The maximum Gasteiger partial charge on any atom is 0.264 e. The maximum atomic E-state index is 14.0. The number of hydrogen-bond donors (Lipinski definition) is 0. The second-order valence-electron chi connectivity index (χ2n) is 5.19. The van der Waals surface area contributed by atoms with E-state index in [1.807, 2.05) is 0 Å². The summed E-state index contributed by atoms with van der Waals surface area (Å²) in [5, 5.41) is 0. The minimum atomic E-state index is -3.82. The molecule has 3 nitrogen and oxygen atoms in total. The van der Waals surface area contributed by atoms with Crippen LogP contribution in [0.1, 0.15) is 17.0 Å². The SMILES string of the molecule is CS(=O)(=O)OC1C2C=CC1c1c(F)c(F)c(F)c(F)c1C2. The van der Waals surface area contributed by atoms with Gasteiger partial charge in [0.25, 0.3) is 10.1 Å². The summed E-state index contributed by atoms with van der Waals surface area (Å²) in [5.41, 5.74) is -0.634. The third kappa shape index (κ3) is 2.17. The van der Waals surface area contributed by atoms with E-state index in [2.05, 4.69) is 0 Å². The molecule has 114 valence electrons. The number of rotatable bonds is 2. The Kier molecular flexibility index (Phi) is 3.14. The van der Waals surface area contributed by atoms with Crippen molar-refractivity contribution in [2.75, 3.05) is 6.26 Å². The van der Waals surface area contributed by atoms with Gasteiger partial charge in [-0.2, -0.15) is 8.42 Å². The molecule has 0 saturated carbocycles. The zero-order chi connectivity index (χ0) is 15.5. The highest BCUT2D eigenvalue weighted by atomic mass is 32.2. The van der Waals surface area contributed by atoms with Gasteiger partial charge in [-0.25, -0.2) is 17.6 Å². The minimum Gasteiger partial charge on any atom is -0.265 e. The Morgan fingerprint density at radius 1 is 1.05 bits per heavy atom. The lowest BCUT2D eigenvalue weighted by Crippen LogP contribution is -2.34. The minimum absolute atomic E-state index is 0.150. The van der Waals surface area contributed by atoms with Crippen LogP contribution in [0.5, 0.6) is 0 Å². The van der Waals surface area contributed by atoms with Gasteiger partial charge < -0.3 is 0 Å². The van der Waals surface area contributed by atoms with E-state index in [1.54, 1.807) is 6.08 Å². The van der Waals surface area contributed by atoms with Crippen molar-refractivity contribution < 1.29 is 30.2 Å². The summed E-state index contributed by atoms with van der Waals surface area (Å²) in [6, 6.07) is 0. The molecule has 0 saturated heterocycles. The topological polar surface area (TPSA) is 43.4 Å². The molecule has 2 aliphatic carbocycles. The Morgan fingerprint density at radius 2 is 1.67 bits per heavy atom. The van der Waals surface area contributed by atoms with Crippen molar-refractivity contribution in [1.82, 2.24) is 0 Å². The Bertz CT molecular complexity index is 757. The van der Waals surface area contributed by atoms with Crippen LogP contribution in [0.15, 0.2) is 12.2 Å². The predicted octanol–water partition coefficient (Wildman–Crippen LogP) is 2.41. The Balaban J connectivity index is 2.15. The van der Waals surface area contributed by atoms with Crippen molar-refractivity contribution in [3.05, 3.63) is 46.5 Å². The summed E-state index contributed by atoms with van der Waals surface area (Å²) in [4.78, 5) is 0. The molecule has 0 heterocycles. The van der Waals surface area contributed by atoms with Crippen molar-refractivity contribution in [3.8, 4) is 0 Å². The third-order valence-corrected chi connectivity index (χ3v) is 4.38. The molecule has 21 heavy (non-hydrogen) atoms. The second-order valence-corrected chi connectivity index (χ2v) is 6.79. The number of halogens is 4. The molecule has 0 spiro atoms. The summed E-state index contributed by atoms with van der Waals surface area (Å²) in [6.07, 6.45) is 2.71. The van der Waals surface area contributed by atoms with Crippen molar-refractivity contribution in [2.45, 2.75) is 18.4 Å². The van der Waals surface area contributed by atoms with Gasteiger partial charge in [-0.15, -0.1) is 0 Å². The average Bonchev–Trinajstić information content (AvgIpc) is 2.65. The quantitative estimate of drug-likeness (QED) is 0.276. The normalized spacial score (nSPS) is 27.0. The number of benzene rings is 1. The molecule has 1 aromatic carbocycles. The van der Waals surface area contributed by atoms with Gasteiger partial charge in [0.15, 0.2) is 23.3 Å². The first-order valence-electron chi connectivity index (χ1n) is 6.12. The Morgan fingerprint density at radius 3 is 2.29 bits per heavy atom. The monoisotopic (exact) mass is 322 g/mol. The van der Waals surface area contributed by atoms with Gasteiger partial charge in [-0.3, -0.25) is 4.18 Å². The molecular weight excluding hydrogens is 312 g/mol. The van der Waals surface area contributed by atoms with E-state index >= 15 is 0 Å². The lowest BCUT2D eigenvalue weighted by molar-refractivity contribution is 0.149. The molecular formula is C13H10F4O3S. The standard InChI is InChI=1S/C13H10F4O3S/c1-21(18,19)20-13-5-2-3-6(13)8-7(4-5)9(14)11(16)12(17)10(8)15/h2-3,5-6,13H,4H2,1H3. The van der Waals surface area contributed by atoms with E-state index in [4.69, 9.17) is 4.18 Å². The predicted molar refractivity (Wildman–Crippen MR) is 65.1 cm³/mol. The molecule has 1 aromatic rings. The highest BCUT2D eigenvalue weighted by molar-refractivity contribution is 7.86. The fourth-order valence-corrected chi connectivity index (χ4v) is 3.67. The summed E-state index contributed by atoms with van der Waals surface area (Å²) < 4.78 is 81.8. The van der Waals surface area contributed by atoms with Crippen LogP contribution in [0.25, 0.3) is 0 Å². The van der Waals surface area contributed by atoms with E-state index in [0.717, 1.165) is 6.26 Å². The molecule has 3 rings (SSSR count). The lowest BCUT2D eigenvalue weighted by Gasteiger charge is -2.32. The first-order chi connectivity index (χ1) is 9.70. The van der Waals surface area contributed by atoms with Crippen LogP contribution in [-0.2, 0) is 20.7 Å². The molecule has 0 N–H and O–H groups in total.